The van der Waals surface area contributed by atoms with Crippen LogP contribution >= 0.6 is 0 Å². The Morgan fingerprint density at radius 2 is 2.06 bits per heavy atom. The number of hydrogen-bond donors (Lipinski definition) is 1. The van der Waals surface area contributed by atoms with E-state index in [4.69, 9.17) is 4.74 Å². The van der Waals surface area contributed by atoms with Crippen molar-refractivity contribution in [1.29, 1.82) is 0 Å². The molecule has 18 heavy (non-hydrogen) atoms. The number of aromatic nitrogens is 1. The number of rotatable bonds is 8. The van der Waals surface area contributed by atoms with E-state index in [0.717, 1.165) is 31.7 Å². The van der Waals surface area contributed by atoms with Crippen molar-refractivity contribution >= 4 is 0 Å². The summed E-state index contributed by atoms with van der Waals surface area (Å²) in [6, 6.07) is 4.62. The number of pyridine rings is 1. The van der Waals surface area contributed by atoms with Gasteiger partial charge >= 0.3 is 0 Å². The second kappa shape index (κ2) is 8.22. The molecule has 1 aromatic rings. The normalized spacial score (nSPS) is 14.4. The summed E-state index contributed by atoms with van der Waals surface area (Å²) in [5.74, 6) is 0. The minimum Gasteiger partial charge on any atom is -0.377 e. The zero-order chi connectivity index (χ0) is 13.4. The third-order valence-electron chi connectivity index (χ3n) is 3.19. The van der Waals surface area contributed by atoms with Gasteiger partial charge in [-0.3, -0.25) is 4.98 Å². The van der Waals surface area contributed by atoms with Crippen LogP contribution in [-0.2, 0) is 17.6 Å². The molecule has 0 radical (unpaired) electrons. The zero-order valence-electron chi connectivity index (χ0n) is 12.1. The average Bonchev–Trinajstić information content (AvgIpc) is 2.39. The number of likely N-dealkylation sites (N-methyl/N-ethyl adjacent to an activating group) is 1. The first-order valence-corrected chi connectivity index (χ1v) is 7.00. The first-order valence-electron chi connectivity index (χ1n) is 7.00. The fourth-order valence-corrected chi connectivity index (χ4v) is 2.06. The first kappa shape index (κ1) is 15.1. The van der Waals surface area contributed by atoms with Crippen LogP contribution in [0.25, 0.3) is 0 Å². The molecule has 0 spiro atoms. The van der Waals surface area contributed by atoms with Crippen molar-refractivity contribution in [3.63, 3.8) is 0 Å². The molecular formula is C15H26N2O. The summed E-state index contributed by atoms with van der Waals surface area (Å²) in [4.78, 5) is 4.52. The quantitative estimate of drug-likeness (QED) is 0.770. The topological polar surface area (TPSA) is 34.2 Å². The second-order valence-corrected chi connectivity index (χ2v) is 4.54. The van der Waals surface area contributed by atoms with Crippen molar-refractivity contribution in [2.45, 2.75) is 52.7 Å². The van der Waals surface area contributed by atoms with Gasteiger partial charge in [-0.25, -0.2) is 0 Å². The molecule has 1 N–H and O–H groups in total. The Morgan fingerprint density at radius 3 is 2.56 bits per heavy atom. The maximum atomic E-state index is 5.68. The molecule has 0 aliphatic heterocycles. The van der Waals surface area contributed by atoms with Crippen LogP contribution in [0, 0.1) is 0 Å². The van der Waals surface area contributed by atoms with E-state index >= 15 is 0 Å². The lowest BCUT2D eigenvalue weighted by atomic mass is 10.0. The number of nitrogens with one attached hydrogen (secondary N) is 1. The monoisotopic (exact) mass is 250 g/mol. The molecule has 0 bridgehead atoms. The van der Waals surface area contributed by atoms with Crippen molar-refractivity contribution in [2.24, 2.45) is 0 Å². The van der Waals surface area contributed by atoms with E-state index < -0.39 is 0 Å². The fourth-order valence-electron chi connectivity index (χ4n) is 2.06. The number of nitrogens with zero attached hydrogens (tertiary/aromatic N) is 1. The Hall–Kier alpha value is -0.930. The predicted molar refractivity (Wildman–Crippen MR) is 75.9 cm³/mol. The highest BCUT2D eigenvalue weighted by atomic mass is 16.5. The van der Waals surface area contributed by atoms with E-state index in [9.17, 15) is 0 Å². The predicted octanol–water partition coefficient (Wildman–Crippen LogP) is 2.59. The molecule has 102 valence electrons. The van der Waals surface area contributed by atoms with Gasteiger partial charge < -0.3 is 10.1 Å². The van der Waals surface area contributed by atoms with Crippen LogP contribution in [0.15, 0.2) is 18.3 Å². The van der Waals surface area contributed by atoms with Gasteiger partial charge in [0.05, 0.1) is 6.10 Å². The third kappa shape index (κ3) is 4.75. The second-order valence-electron chi connectivity index (χ2n) is 4.54. The Labute approximate surface area is 111 Å². The number of hydrogen-bond acceptors (Lipinski definition) is 3. The van der Waals surface area contributed by atoms with Gasteiger partial charge in [0.15, 0.2) is 0 Å². The molecule has 0 aliphatic carbocycles. The van der Waals surface area contributed by atoms with Crippen molar-refractivity contribution < 1.29 is 4.74 Å². The standard InChI is InChI=1S/C15H26N2O/c1-5-13-8-9-14(17-11-13)10-15(16-6-2)12(4)18-7-3/h8-9,11-12,15-16H,5-7,10H2,1-4H3. The Bertz CT molecular complexity index is 324. The molecule has 3 heteroatoms. The number of aryl methyl sites for hydroxylation is 1. The minimum atomic E-state index is 0.211. The molecule has 0 saturated heterocycles. The van der Waals surface area contributed by atoms with Gasteiger partial charge in [0.25, 0.3) is 0 Å². The molecule has 2 unspecified atom stereocenters. The summed E-state index contributed by atoms with van der Waals surface area (Å²) in [7, 11) is 0. The van der Waals surface area contributed by atoms with Crippen molar-refractivity contribution in [2.75, 3.05) is 13.2 Å². The maximum absolute atomic E-state index is 5.68. The van der Waals surface area contributed by atoms with Gasteiger partial charge in [0.1, 0.15) is 0 Å². The summed E-state index contributed by atoms with van der Waals surface area (Å²) in [5, 5.41) is 3.48. The molecule has 0 amide bonds. The zero-order valence-corrected chi connectivity index (χ0v) is 12.1. The highest BCUT2D eigenvalue weighted by molar-refractivity contribution is 5.14. The van der Waals surface area contributed by atoms with Gasteiger partial charge in [0.2, 0.25) is 0 Å². The van der Waals surface area contributed by atoms with Crippen LogP contribution in [-0.4, -0.2) is 30.3 Å². The molecule has 2 atom stereocenters. The Kier molecular flexibility index (Phi) is 6.91. The van der Waals surface area contributed by atoms with Crippen molar-refractivity contribution in [3.8, 4) is 0 Å². The summed E-state index contributed by atoms with van der Waals surface area (Å²) in [6.07, 6.45) is 4.14. The minimum absolute atomic E-state index is 0.211. The van der Waals surface area contributed by atoms with Gasteiger partial charge in [-0.2, -0.15) is 0 Å². The van der Waals surface area contributed by atoms with E-state index in [1.807, 2.05) is 13.1 Å². The molecular weight excluding hydrogens is 224 g/mol. The lowest BCUT2D eigenvalue weighted by Crippen LogP contribution is -2.41. The van der Waals surface area contributed by atoms with Gasteiger partial charge in [-0.15, -0.1) is 0 Å². The molecule has 1 heterocycles. The number of ether oxygens (including phenoxy) is 1. The molecule has 0 aliphatic rings. The van der Waals surface area contributed by atoms with E-state index in [1.54, 1.807) is 0 Å². The lowest BCUT2D eigenvalue weighted by Gasteiger charge is -2.24. The smallest absolute Gasteiger partial charge is 0.0703 e. The Morgan fingerprint density at radius 1 is 1.28 bits per heavy atom. The maximum Gasteiger partial charge on any atom is 0.0703 e. The van der Waals surface area contributed by atoms with E-state index in [2.05, 4.69) is 43.2 Å². The molecule has 0 aromatic carbocycles. The van der Waals surface area contributed by atoms with Crippen LogP contribution < -0.4 is 5.32 Å². The lowest BCUT2D eigenvalue weighted by molar-refractivity contribution is 0.0478. The van der Waals surface area contributed by atoms with Crippen LogP contribution in [0.1, 0.15) is 39.0 Å². The van der Waals surface area contributed by atoms with Crippen LogP contribution in [0.3, 0.4) is 0 Å². The van der Waals surface area contributed by atoms with Crippen molar-refractivity contribution in [1.82, 2.24) is 10.3 Å². The van der Waals surface area contributed by atoms with E-state index in [1.165, 1.54) is 5.56 Å². The molecule has 1 aromatic heterocycles. The molecule has 1 rings (SSSR count). The van der Waals surface area contributed by atoms with E-state index in [0.29, 0.717) is 6.04 Å². The highest BCUT2D eigenvalue weighted by Crippen LogP contribution is 2.08. The van der Waals surface area contributed by atoms with Gasteiger partial charge in [-0.1, -0.05) is 19.9 Å². The summed E-state index contributed by atoms with van der Waals surface area (Å²) < 4.78 is 5.68. The summed E-state index contributed by atoms with van der Waals surface area (Å²) >= 11 is 0. The highest BCUT2D eigenvalue weighted by Gasteiger charge is 2.17. The van der Waals surface area contributed by atoms with Gasteiger partial charge in [0, 0.05) is 31.0 Å². The molecule has 3 nitrogen and oxygen atoms in total. The molecule has 0 fully saturated rings. The van der Waals surface area contributed by atoms with Gasteiger partial charge in [-0.05, 0) is 38.4 Å². The Balaban J connectivity index is 2.63. The van der Waals surface area contributed by atoms with E-state index in [-0.39, 0.29) is 6.10 Å². The fraction of sp³-hybridized carbons (Fsp3) is 0.667. The third-order valence-corrected chi connectivity index (χ3v) is 3.19. The van der Waals surface area contributed by atoms with Crippen LogP contribution in [0.2, 0.25) is 0 Å². The SMILES string of the molecule is CCNC(Cc1ccc(CC)cn1)C(C)OCC. The largest absolute Gasteiger partial charge is 0.377 e. The average molecular weight is 250 g/mol. The summed E-state index contributed by atoms with van der Waals surface area (Å²) in [5.41, 5.74) is 2.42. The molecule has 0 saturated carbocycles. The summed E-state index contributed by atoms with van der Waals surface area (Å²) in [6.45, 7) is 10.1. The van der Waals surface area contributed by atoms with Crippen molar-refractivity contribution in [3.05, 3.63) is 29.6 Å². The first-order chi connectivity index (χ1) is 8.71. The van der Waals surface area contributed by atoms with Crippen LogP contribution in [0.5, 0.6) is 0 Å². The van der Waals surface area contributed by atoms with Crippen LogP contribution in [0.4, 0.5) is 0 Å².